The van der Waals surface area contributed by atoms with E-state index >= 15 is 0 Å². The van der Waals surface area contributed by atoms with Gasteiger partial charge in [-0.2, -0.15) is 0 Å². The smallest absolute Gasteiger partial charge is 0.102 e. The summed E-state index contributed by atoms with van der Waals surface area (Å²) in [5.41, 5.74) is 0. The summed E-state index contributed by atoms with van der Waals surface area (Å²) in [7, 11) is 2.12. The van der Waals surface area contributed by atoms with E-state index in [1.54, 1.807) is 0 Å². The molecule has 0 aliphatic rings. The van der Waals surface area contributed by atoms with E-state index in [9.17, 15) is 0 Å². The molecule has 0 spiro atoms. The number of aliphatic hydroxyl groups is 2. The molecule has 0 radical (unpaired) electrons. The standard InChI is InChI=1S/C13H30NO2.BrH/c1-3-4-5-6-7-8-9-14(2,10-12-15)11-13-16;/h15-16H,3-13H2,1-2H3;1H/q+1;/p-1. The van der Waals surface area contributed by atoms with E-state index < -0.39 is 0 Å². The second-order valence-corrected chi connectivity index (χ2v) is 5.01. The van der Waals surface area contributed by atoms with Crippen molar-refractivity contribution in [3.63, 3.8) is 0 Å². The summed E-state index contributed by atoms with van der Waals surface area (Å²) in [4.78, 5) is 0. The molecule has 0 unspecified atom stereocenters. The Morgan fingerprint density at radius 1 is 0.765 bits per heavy atom. The third kappa shape index (κ3) is 11.2. The molecule has 0 aromatic rings. The van der Waals surface area contributed by atoms with Crippen molar-refractivity contribution in [2.24, 2.45) is 0 Å². The first-order valence-corrected chi connectivity index (χ1v) is 6.74. The van der Waals surface area contributed by atoms with Crippen molar-refractivity contribution in [1.29, 1.82) is 0 Å². The maximum absolute atomic E-state index is 9.00. The number of nitrogens with zero attached hydrogens (tertiary/aromatic N) is 1. The van der Waals surface area contributed by atoms with E-state index in [0.29, 0.717) is 0 Å². The van der Waals surface area contributed by atoms with Gasteiger partial charge in [-0.3, -0.25) is 0 Å². The third-order valence-corrected chi connectivity index (χ3v) is 3.33. The summed E-state index contributed by atoms with van der Waals surface area (Å²) in [6.45, 7) is 5.26. The van der Waals surface area contributed by atoms with E-state index in [2.05, 4.69) is 14.0 Å². The number of hydrogen-bond donors (Lipinski definition) is 2. The molecule has 0 amide bonds. The van der Waals surface area contributed by atoms with Gasteiger partial charge in [0.1, 0.15) is 13.1 Å². The molecule has 0 aliphatic heterocycles. The molecule has 0 atom stereocenters. The Hall–Kier alpha value is 0.360. The molecule has 0 fully saturated rings. The highest BCUT2D eigenvalue weighted by Gasteiger charge is 2.19. The number of halogens is 1. The van der Waals surface area contributed by atoms with E-state index in [1.807, 2.05) is 0 Å². The minimum absolute atomic E-state index is 0. The van der Waals surface area contributed by atoms with Crippen molar-refractivity contribution in [2.75, 3.05) is 39.9 Å². The van der Waals surface area contributed by atoms with Gasteiger partial charge in [-0.05, 0) is 12.8 Å². The first-order valence-electron chi connectivity index (χ1n) is 6.74. The van der Waals surface area contributed by atoms with Crippen LogP contribution in [0.2, 0.25) is 0 Å². The Labute approximate surface area is 117 Å². The van der Waals surface area contributed by atoms with Crippen LogP contribution in [0.3, 0.4) is 0 Å². The average Bonchev–Trinajstić information content (AvgIpc) is 2.24. The van der Waals surface area contributed by atoms with Gasteiger partial charge < -0.3 is 31.7 Å². The highest BCUT2D eigenvalue weighted by molar-refractivity contribution is 4.46. The van der Waals surface area contributed by atoms with Crippen molar-refractivity contribution in [1.82, 2.24) is 0 Å². The molecule has 0 saturated carbocycles. The van der Waals surface area contributed by atoms with Gasteiger partial charge in [0, 0.05) is 0 Å². The molecule has 17 heavy (non-hydrogen) atoms. The lowest BCUT2D eigenvalue weighted by molar-refractivity contribution is -0.910. The van der Waals surface area contributed by atoms with Gasteiger partial charge in [0.2, 0.25) is 0 Å². The minimum Gasteiger partial charge on any atom is -1.00 e. The first kappa shape index (κ1) is 19.7. The highest BCUT2D eigenvalue weighted by atomic mass is 79.9. The molecule has 0 bridgehead atoms. The summed E-state index contributed by atoms with van der Waals surface area (Å²) < 4.78 is 0.806. The molecule has 106 valence electrons. The molecular formula is C13H30BrNO2. The first-order chi connectivity index (χ1) is 7.68. The Morgan fingerprint density at radius 2 is 1.24 bits per heavy atom. The summed E-state index contributed by atoms with van der Waals surface area (Å²) >= 11 is 0. The predicted molar refractivity (Wildman–Crippen MR) is 68.3 cm³/mol. The van der Waals surface area contributed by atoms with Crippen LogP contribution in [0.4, 0.5) is 0 Å². The number of likely N-dealkylation sites (N-methyl/N-ethyl adjacent to an activating group) is 1. The summed E-state index contributed by atoms with van der Waals surface area (Å²) in [6.07, 6.45) is 7.80. The number of hydrogen-bond acceptors (Lipinski definition) is 2. The zero-order valence-electron chi connectivity index (χ0n) is 11.5. The van der Waals surface area contributed by atoms with Crippen molar-refractivity contribution < 1.29 is 31.7 Å². The van der Waals surface area contributed by atoms with Crippen LogP contribution < -0.4 is 17.0 Å². The van der Waals surface area contributed by atoms with Crippen LogP contribution in [-0.2, 0) is 0 Å². The summed E-state index contributed by atoms with van der Waals surface area (Å²) in [5, 5.41) is 18.0. The second kappa shape index (κ2) is 12.8. The fourth-order valence-electron chi connectivity index (χ4n) is 2.09. The topological polar surface area (TPSA) is 40.5 Å². The molecule has 0 heterocycles. The normalized spacial score (nSPS) is 11.3. The quantitative estimate of drug-likeness (QED) is 0.371. The Morgan fingerprint density at radius 3 is 1.71 bits per heavy atom. The molecular weight excluding hydrogens is 282 g/mol. The number of aliphatic hydroxyl groups excluding tert-OH is 2. The molecule has 0 aromatic heterocycles. The SMILES string of the molecule is CCCCCCCC[N+](C)(CCO)CCO.[Br-]. The monoisotopic (exact) mass is 311 g/mol. The van der Waals surface area contributed by atoms with Crippen molar-refractivity contribution in [2.45, 2.75) is 45.4 Å². The van der Waals surface area contributed by atoms with Crippen LogP contribution in [0.5, 0.6) is 0 Å². The van der Waals surface area contributed by atoms with Crippen molar-refractivity contribution in [3.8, 4) is 0 Å². The van der Waals surface area contributed by atoms with Gasteiger partial charge in [-0.15, -0.1) is 0 Å². The van der Waals surface area contributed by atoms with Crippen LogP contribution in [-0.4, -0.2) is 54.6 Å². The van der Waals surface area contributed by atoms with Crippen LogP contribution in [0.1, 0.15) is 45.4 Å². The maximum Gasteiger partial charge on any atom is 0.102 e. The van der Waals surface area contributed by atoms with Crippen LogP contribution >= 0.6 is 0 Å². The molecule has 2 N–H and O–H groups in total. The highest BCUT2D eigenvalue weighted by Crippen LogP contribution is 2.09. The van der Waals surface area contributed by atoms with Gasteiger partial charge in [-0.1, -0.05) is 32.6 Å². The van der Waals surface area contributed by atoms with E-state index in [0.717, 1.165) is 24.1 Å². The lowest BCUT2D eigenvalue weighted by Gasteiger charge is -2.33. The van der Waals surface area contributed by atoms with Crippen LogP contribution in [0.25, 0.3) is 0 Å². The molecule has 0 aliphatic carbocycles. The fourth-order valence-corrected chi connectivity index (χ4v) is 2.09. The molecule has 0 rings (SSSR count). The molecule has 4 heteroatoms. The molecule has 0 aromatic carbocycles. The van der Waals surface area contributed by atoms with E-state index in [1.165, 1.54) is 38.5 Å². The number of rotatable bonds is 11. The van der Waals surface area contributed by atoms with Crippen molar-refractivity contribution in [3.05, 3.63) is 0 Å². The lowest BCUT2D eigenvalue weighted by atomic mass is 10.1. The number of unbranched alkanes of at least 4 members (excludes halogenated alkanes) is 5. The zero-order valence-corrected chi connectivity index (χ0v) is 13.1. The van der Waals surface area contributed by atoms with Gasteiger partial charge in [0.05, 0.1) is 26.8 Å². The largest absolute Gasteiger partial charge is 1.00 e. The zero-order chi connectivity index (χ0) is 12.3. The average molecular weight is 312 g/mol. The minimum atomic E-state index is 0. The predicted octanol–water partition coefficient (Wildman–Crippen LogP) is -1.22. The van der Waals surface area contributed by atoms with Gasteiger partial charge in [0.15, 0.2) is 0 Å². The van der Waals surface area contributed by atoms with Crippen LogP contribution in [0.15, 0.2) is 0 Å². The Balaban J connectivity index is 0. The van der Waals surface area contributed by atoms with Gasteiger partial charge >= 0.3 is 0 Å². The Bertz CT molecular complexity index is 150. The fraction of sp³-hybridized carbons (Fsp3) is 1.00. The molecule has 3 nitrogen and oxygen atoms in total. The van der Waals surface area contributed by atoms with E-state index in [-0.39, 0.29) is 30.2 Å². The summed E-state index contributed by atoms with van der Waals surface area (Å²) in [6, 6.07) is 0. The lowest BCUT2D eigenvalue weighted by Crippen LogP contribution is -3.00. The van der Waals surface area contributed by atoms with E-state index in [4.69, 9.17) is 10.2 Å². The third-order valence-electron chi connectivity index (χ3n) is 3.33. The number of quaternary nitrogens is 1. The van der Waals surface area contributed by atoms with Crippen LogP contribution in [0, 0.1) is 0 Å². The van der Waals surface area contributed by atoms with Crippen molar-refractivity contribution >= 4 is 0 Å². The second-order valence-electron chi connectivity index (χ2n) is 5.01. The van der Waals surface area contributed by atoms with Gasteiger partial charge in [-0.25, -0.2) is 0 Å². The Kier molecular flexibility index (Phi) is 14.8. The van der Waals surface area contributed by atoms with Gasteiger partial charge in [0.25, 0.3) is 0 Å². The molecule has 0 saturated heterocycles. The summed E-state index contributed by atoms with van der Waals surface area (Å²) in [5.74, 6) is 0. The maximum atomic E-state index is 9.00.